The number of aromatic nitrogens is 4. The second-order valence-corrected chi connectivity index (χ2v) is 7.73. The first kappa shape index (κ1) is 19.6. The standard InChI is InChI=1S/C23H21F2N5O/c1-13-11-26-22(18-6-7-27-29-18)23-20(13)16(15-4-3-5-17(24)21(15)25)10-19(28-23)30-8-9-31-12-14(30)2/h3-7,10-11,14H,8-9,12H2,1-2H3,(H,27,29). The van der Waals surface area contributed by atoms with E-state index in [0.717, 1.165) is 17.0 Å². The van der Waals surface area contributed by atoms with Gasteiger partial charge in [0.1, 0.15) is 17.0 Å². The zero-order valence-corrected chi connectivity index (χ0v) is 17.2. The summed E-state index contributed by atoms with van der Waals surface area (Å²) in [6, 6.07) is 7.98. The number of halogens is 2. The van der Waals surface area contributed by atoms with E-state index in [9.17, 15) is 8.78 Å². The largest absolute Gasteiger partial charge is 0.377 e. The van der Waals surface area contributed by atoms with Crippen LogP contribution in [0.15, 0.2) is 42.7 Å². The van der Waals surface area contributed by atoms with Crippen LogP contribution in [0.25, 0.3) is 33.4 Å². The Bertz CT molecular complexity index is 1260. The number of aromatic amines is 1. The Morgan fingerprint density at radius 3 is 2.84 bits per heavy atom. The number of nitrogens with zero attached hydrogens (tertiary/aromatic N) is 4. The maximum Gasteiger partial charge on any atom is 0.166 e. The number of morpholine rings is 1. The molecule has 0 saturated carbocycles. The molecule has 4 aromatic rings. The number of nitrogens with one attached hydrogen (secondary N) is 1. The van der Waals surface area contributed by atoms with Gasteiger partial charge in [-0.3, -0.25) is 10.1 Å². The lowest BCUT2D eigenvalue weighted by Crippen LogP contribution is -2.44. The molecule has 5 rings (SSSR count). The second-order valence-electron chi connectivity index (χ2n) is 7.73. The van der Waals surface area contributed by atoms with Gasteiger partial charge < -0.3 is 9.64 Å². The van der Waals surface area contributed by atoms with Crippen molar-refractivity contribution in [1.29, 1.82) is 0 Å². The molecule has 1 aromatic carbocycles. The van der Waals surface area contributed by atoms with E-state index >= 15 is 0 Å². The lowest BCUT2D eigenvalue weighted by Gasteiger charge is -2.34. The lowest BCUT2D eigenvalue weighted by molar-refractivity contribution is 0.0986. The Morgan fingerprint density at radius 2 is 2.06 bits per heavy atom. The number of pyridine rings is 2. The topological polar surface area (TPSA) is 66.9 Å². The van der Waals surface area contributed by atoms with Crippen molar-refractivity contribution in [2.24, 2.45) is 0 Å². The van der Waals surface area contributed by atoms with Crippen LogP contribution in [-0.2, 0) is 4.74 Å². The van der Waals surface area contributed by atoms with Gasteiger partial charge in [-0.1, -0.05) is 12.1 Å². The van der Waals surface area contributed by atoms with Crippen LogP contribution >= 0.6 is 0 Å². The fourth-order valence-electron chi connectivity index (χ4n) is 4.11. The van der Waals surface area contributed by atoms with Crippen molar-refractivity contribution in [2.75, 3.05) is 24.7 Å². The SMILES string of the molecule is Cc1cnc(-c2ccn[nH]2)c2nc(N3CCOCC3C)cc(-c3cccc(F)c3F)c12. The minimum Gasteiger partial charge on any atom is -0.377 e. The van der Waals surface area contributed by atoms with Crippen molar-refractivity contribution in [3.8, 4) is 22.5 Å². The first-order valence-electron chi connectivity index (χ1n) is 10.1. The quantitative estimate of drug-likeness (QED) is 0.528. The molecule has 0 spiro atoms. The zero-order chi connectivity index (χ0) is 21.5. The number of hydrogen-bond donors (Lipinski definition) is 1. The molecular weight excluding hydrogens is 400 g/mol. The smallest absolute Gasteiger partial charge is 0.166 e. The van der Waals surface area contributed by atoms with Crippen LogP contribution in [-0.4, -0.2) is 46.0 Å². The van der Waals surface area contributed by atoms with Gasteiger partial charge in [0.15, 0.2) is 11.6 Å². The van der Waals surface area contributed by atoms with Crippen molar-refractivity contribution >= 4 is 16.7 Å². The van der Waals surface area contributed by atoms with Crippen LogP contribution in [0.4, 0.5) is 14.6 Å². The van der Waals surface area contributed by atoms with Gasteiger partial charge in [0.2, 0.25) is 0 Å². The summed E-state index contributed by atoms with van der Waals surface area (Å²) >= 11 is 0. The molecule has 0 aliphatic carbocycles. The highest BCUT2D eigenvalue weighted by Gasteiger charge is 2.25. The van der Waals surface area contributed by atoms with E-state index in [1.54, 1.807) is 18.5 Å². The zero-order valence-electron chi connectivity index (χ0n) is 17.2. The highest BCUT2D eigenvalue weighted by molar-refractivity contribution is 6.03. The molecule has 8 heteroatoms. The molecule has 31 heavy (non-hydrogen) atoms. The molecule has 1 atom stereocenters. The molecule has 0 bridgehead atoms. The van der Waals surface area contributed by atoms with Gasteiger partial charge in [-0.15, -0.1) is 0 Å². The minimum atomic E-state index is -0.885. The summed E-state index contributed by atoms with van der Waals surface area (Å²) in [5, 5.41) is 7.69. The molecule has 4 heterocycles. The molecule has 1 aliphatic heterocycles. The number of ether oxygens (including phenoxy) is 1. The Hall–Kier alpha value is -3.39. The Labute approximate surface area is 177 Å². The highest BCUT2D eigenvalue weighted by atomic mass is 19.2. The number of hydrogen-bond acceptors (Lipinski definition) is 5. The van der Waals surface area contributed by atoms with E-state index in [4.69, 9.17) is 9.72 Å². The summed E-state index contributed by atoms with van der Waals surface area (Å²) in [6.07, 6.45) is 3.36. The second kappa shape index (κ2) is 7.70. The fourth-order valence-corrected chi connectivity index (χ4v) is 4.11. The predicted octanol–water partition coefficient (Wildman–Crippen LogP) is 4.50. The van der Waals surface area contributed by atoms with Crippen molar-refractivity contribution in [2.45, 2.75) is 19.9 Å². The van der Waals surface area contributed by atoms with E-state index in [1.165, 1.54) is 6.07 Å². The van der Waals surface area contributed by atoms with Gasteiger partial charge >= 0.3 is 0 Å². The van der Waals surface area contributed by atoms with Crippen LogP contribution in [0.5, 0.6) is 0 Å². The van der Waals surface area contributed by atoms with Crippen molar-refractivity contribution in [3.63, 3.8) is 0 Å². The maximum absolute atomic E-state index is 14.9. The van der Waals surface area contributed by atoms with Crippen LogP contribution < -0.4 is 4.90 Å². The fraction of sp³-hybridized carbons (Fsp3) is 0.261. The van der Waals surface area contributed by atoms with E-state index in [1.807, 2.05) is 19.1 Å². The number of aryl methyl sites for hydroxylation is 1. The molecule has 158 valence electrons. The minimum absolute atomic E-state index is 0.0947. The van der Waals surface area contributed by atoms with E-state index < -0.39 is 11.6 Å². The molecule has 1 unspecified atom stereocenters. The molecule has 1 N–H and O–H groups in total. The van der Waals surface area contributed by atoms with E-state index in [2.05, 4.69) is 27.0 Å². The van der Waals surface area contributed by atoms with Gasteiger partial charge in [-0.05, 0) is 43.2 Å². The van der Waals surface area contributed by atoms with Crippen molar-refractivity contribution < 1.29 is 13.5 Å². The Balaban J connectivity index is 1.86. The predicted molar refractivity (Wildman–Crippen MR) is 115 cm³/mol. The third-order valence-electron chi connectivity index (χ3n) is 5.67. The Kier molecular flexibility index (Phi) is 4.86. The third-order valence-corrected chi connectivity index (χ3v) is 5.67. The third kappa shape index (κ3) is 3.33. The molecule has 1 aliphatic rings. The molecule has 6 nitrogen and oxygen atoms in total. The molecule has 0 amide bonds. The van der Waals surface area contributed by atoms with Crippen LogP contribution in [0.1, 0.15) is 12.5 Å². The van der Waals surface area contributed by atoms with Crippen LogP contribution in [0.3, 0.4) is 0 Å². The summed E-state index contributed by atoms with van der Waals surface area (Å²) in [5.41, 5.74) is 3.52. The Morgan fingerprint density at radius 1 is 1.19 bits per heavy atom. The number of H-pyrrole nitrogens is 1. The summed E-state index contributed by atoms with van der Waals surface area (Å²) in [4.78, 5) is 11.7. The average Bonchev–Trinajstić information content (AvgIpc) is 3.30. The summed E-state index contributed by atoms with van der Waals surface area (Å²) < 4.78 is 34.6. The van der Waals surface area contributed by atoms with Gasteiger partial charge in [-0.25, -0.2) is 13.8 Å². The number of benzene rings is 1. The van der Waals surface area contributed by atoms with Gasteiger partial charge in [-0.2, -0.15) is 5.10 Å². The van der Waals surface area contributed by atoms with E-state index in [0.29, 0.717) is 48.0 Å². The summed E-state index contributed by atoms with van der Waals surface area (Å²) in [7, 11) is 0. The molecule has 3 aromatic heterocycles. The lowest BCUT2D eigenvalue weighted by atomic mass is 9.96. The molecule has 0 radical (unpaired) electrons. The average molecular weight is 421 g/mol. The van der Waals surface area contributed by atoms with Crippen LogP contribution in [0, 0.1) is 18.6 Å². The summed E-state index contributed by atoms with van der Waals surface area (Å²) in [6.45, 7) is 5.75. The molecule has 1 saturated heterocycles. The normalized spacial score (nSPS) is 16.8. The highest BCUT2D eigenvalue weighted by Crippen LogP contribution is 2.38. The first-order chi connectivity index (χ1) is 15.0. The number of anilines is 1. The number of fused-ring (bicyclic) bond motifs is 1. The maximum atomic E-state index is 14.9. The molecular formula is C23H21F2N5O. The molecule has 1 fully saturated rings. The van der Waals surface area contributed by atoms with Gasteiger partial charge in [0.05, 0.1) is 24.9 Å². The van der Waals surface area contributed by atoms with Gasteiger partial charge in [0.25, 0.3) is 0 Å². The van der Waals surface area contributed by atoms with Crippen molar-refractivity contribution in [1.82, 2.24) is 20.2 Å². The van der Waals surface area contributed by atoms with Crippen molar-refractivity contribution in [3.05, 3.63) is 59.9 Å². The number of rotatable bonds is 3. The summed E-state index contributed by atoms with van der Waals surface area (Å²) in [5.74, 6) is -1.09. The monoisotopic (exact) mass is 421 g/mol. The van der Waals surface area contributed by atoms with Crippen LogP contribution in [0.2, 0.25) is 0 Å². The first-order valence-corrected chi connectivity index (χ1v) is 10.1. The van der Waals surface area contributed by atoms with Gasteiger partial charge in [0, 0.05) is 29.9 Å². The van der Waals surface area contributed by atoms with E-state index in [-0.39, 0.29) is 11.6 Å².